The van der Waals surface area contributed by atoms with E-state index in [4.69, 9.17) is 5.11 Å². The first-order valence-corrected chi connectivity index (χ1v) is 5.61. The molecular formula is C14H11FN2O2. The Bertz CT molecular complexity index is 698. The summed E-state index contributed by atoms with van der Waals surface area (Å²) in [7, 11) is 0. The van der Waals surface area contributed by atoms with Gasteiger partial charge in [0.2, 0.25) is 0 Å². The number of rotatable bonds is 2. The third-order valence-electron chi connectivity index (χ3n) is 2.45. The molecule has 0 saturated heterocycles. The number of benzene rings is 1. The van der Waals surface area contributed by atoms with E-state index in [1.54, 1.807) is 18.2 Å². The molecule has 2 aromatic rings. The van der Waals surface area contributed by atoms with Gasteiger partial charge in [0.25, 0.3) is 5.56 Å². The van der Waals surface area contributed by atoms with Gasteiger partial charge >= 0.3 is 0 Å². The fraction of sp³-hybridized carbons (Fsp3) is 0.143. The monoisotopic (exact) mass is 258 g/mol. The van der Waals surface area contributed by atoms with Gasteiger partial charge in [-0.25, -0.2) is 9.07 Å². The molecule has 0 bridgehead atoms. The fourth-order valence-corrected chi connectivity index (χ4v) is 1.58. The van der Waals surface area contributed by atoms with E-state index in [0.717, 1.165) is 0 Å². The minimum atomic E-state index is -0.460. The van der Waals surface area contributed by atoms with Crippen LogP contribution in [-0.4, -0.2) is 21.5 Å². The Hall–Kier alpha value is -2.45. The summed E-state index contributed by atoms with van der Waals surface area (Å²) in [6.07, 6.45) is 1.51. The van der Waals surface area contributed by atoms with Crippen molar-refractivity contribution < 1.29 is 9.50 Å². The van der Waals surface area contributed by atoms with E-state index in [0.29, 0.717) is 5.56 Å². The van der Waals surface area contributed by atoms with Crippen LogP contribution >= 0.6 is 0 Å². The summed E-state index contributed by atoms with van der Waals surface area (Å²) in [4.78, 5) is 11.5. The van der Waals surface area contributed by atoms with Crippen molar-refractivity contribution in [1.29, 1.82) is 0 Å². The average Bonchev–Trinajstić information content (AvgIpc) is 2.42. The summed E-state index contributed by atoms with van der Waals surface area (Å²) in [6.45, 7) is -0.0862. The summed E-state index contributed by atoms with van der Waals surface area (Å²) in [5.41, 5.74) is 0.676. The molecule has 1 aromatic carbocycles. The van der Waals surface area contributed by atoms with Gasteiger partial charge in [0.15, 0.2) is 0 Å². The fourth-order valence-electron chi connectivity index (χ4n) is 1.58. The van der Waals surface area contributed by atoms with Gasteiger partial charge in [-0.15, -0.1) is 0 Å². The van der Waals surface area contributed by atoms with Crippen LogP contribution in [0.2, 0.25) is 0 Å². The van der Waals surface area contributed by atoms with E-state index < -0.39 is 5.82 Å². The van der Waals surface area contributed by atoms with E-state index in [9.17, 15) is 9.18 Å². The maximum atomic E-state index is 13.4. The van der Waals surface area contributed by atoms with E-state index >= 15 is 0 Å². The standard InChI is InChI=1S/C14H11FN2O2/c15-13-6-5-11(9-12(13)3-2-8-18)10-17-14(19)4-1-7-16-17/h1,4-7,9,18H,8,10H2. The van der Waals surface area contributed by atoms with Gasteiger partial charge in [0.05, 0.1) is 12.1 Å². The van der Waals surface area contributed by atoms with Crippen molar-refractivity contribution in [3.63, 3.8) is 0 Å². The molecule has 0 fully saturated rings. The highest BCUT2D eigenvalue weighted by Gasteiger charge is 2.03. The molecule has 4 nitrogen and oxygen atoms in total. The lowest BCUT2D eigenvalue weighted by Gasteiger charge is -2.04. The Labute approximate surface area is 109 Å². The Balaban J connectivity index is 2.32. The Morgan fingerprint density at radius 3 is 2.95 bits per heavy atom. The molecule has 2 rings (SSSR count). The summed E-state index contributed by atoms with van der Waals surface area (Å²) >= 11 is 0. The molecule has 96 valence electrons. The third-order valence-corrected chi connectivity index (χ3v) is 2.45. The lowest BCUT2D eigenvalue weighted by atomic mass is 10.1. The van der Waals surface area contributed by atoms with Crippen molar-refractivity contribution in [2.24, 2.45) is 0 Å². The van der Waals surface area contributed by atoms with Crippen molar-refractivity contribution in [2.45, 2.75) is 6.54 Å². The van der Waals surface area contributed by atoms with Crippen LogP contribution in [0.15, 0.2) is 41.3 Å². The highest BCUT2D eigenvalue weighted by atomic mass is 19.1. The lowest BCUT2D eigenvalue weighted by Crippen LogP contribution is -2.21. The molecule has 0 unspecified atom stereocenters. The second kappa shape index (κ2) is 5.94. The summed E-state index contributed by atoms with van der Waals surface area (Å²) in [5, 5.41) is 12.5. The van der Waals surface area contributed by atoms with Crippen LogP contribution < -0.4 is 5.56 Å². The SMILES string of the molecule is O=c1cccnn1Cc1ccc(F)c(C#CCO)c1. The van der Waals surface area contributed by atoms with Gasteiger partial charge in [-0.05, 0) is 23.8 Å². The number of hydrogen-bond donors (Lipinski definition) is 1. The zero-order chi connectivity index (χ0) is 13.7. The van der Waals surface area contributed by atoms with E-state index in [-0.39, 0.29) is 24.3 Å². The molecule has 0 atom stereocenters. The smallest absolute Gasteiger partial charge is 0.267 e. The van der Waals surface area contributed by atoms with Gasteiger partial charge in [-0.3, -0.25) is 4.79 Å². The van der Waals surface area contributed by atoms with E-state index in [1.165, 1.54) is 23.0 Å². The maximum Gasteiger partial charge on any atom is 0.267 e. The average molecular weight is 258 g/mol. The van der Waals surface area contributed by atoms with Gasteiger partial charge < -0.3 is 5.11 Å². The first-order valence-electron chi connectivity index (χ1n) is 5.61. The lowest BCUT2D eigenvalue weighted by molar-refractivity contribution is 0.350. The molecule has 0 aliphatic heterocycles. The Kier molecular flexibility index (Phi) is 4.06. The van der Waals surface area contributed by atoms with Crippen LogP contribution in [-0.2, 0) is 6.54 Å². The quantitative estimate of drug-likeness (QED) is 0.810. The number of aromatic nitrogens is 2. The largest absolute Gasteiger partial charge is 0.384 e. The Morgan fingerprint density at radius 1 is 1.37 bits per heavy atom. The number of halogens is 1. The highest BCUT2D eigenvalue weighted by Crippen LogP contribution is 2.10. The minimum Gasteiger partial charge on any atom is -0.384 e. The van der Waals surface area contributed by atoms with Gasteiger partial charge in [0, 0.05) is 12.3 Å². The molecule has 0 aliphatic carbocycles. The van der Waals surface area contributed by atoms with Crippen molar-refractivity contribution >= 4 is 0 Å². The third kappa shape index (κ3) is 3.27. The Morgan fingerprint density at radius 2 is 2.21 bits per heavy atom. The van der Waals surface area contributed by atoms with Crippen LogP contribution in [0.3, 0.4) is 0 Å². The predicted octanol–water partition coefficient (Wildman–Crippen LogP) is 0.774. The highest BCUT2D eigenvalue weighted by molar-refractivity contribution is 5.38. The topological polar surface area (TPSA) is 55.1 Å². The molecule has 1 aromatic heterocycles. The zero-order valence-electron chi connectivity index (χ0n) is 10.0. The molecule has 1 N–H and O–H groups in total. The van der Waals surface area contributed by atoms with Gasteiger partial charge in [-0.1, -0.05) is 17.9 Å². The zero-order valence-corrected chi connectivity index (χ0v) is 10.0. The van der Waals surface area contributed by atoms with Crippen molar-refractivity contribution in [3.05, 3.63) is 63.8 Å². The van der Waals surface area contributed by atoms with Gasteiger partial charge in [0.1, 0.15) is 12.4 Å². The molecule has 0 saturated carbocycles. The van der Waals surface area contributed by atoms with E-state index in [2.05, 4.69) is 16.9 Å². The molecule has 5 heteroatoms. The molecule has 0 spiro atoms. The first-order chi connectivity index (χ1) is 9.20. The first kappa shape index (κ1) is 13.0. The normalized spacial score (nSPS) is 9.79. The van der Waals surface area contributed by atoms with Crippen LogP contribution in [0.1, 0.15) is 11.1 Å². The number of aliphatic hydroxyl groups is 1. The molecule has 19 heavy (non-hydrogen) atoms. The second-order valence-corrected chi connectivity index (χ2v) is 3.79. The number of hydrogen-bond acceptors (Lipinski definition) is 3. The maximum absolute atomic E-state index is 13.4. The summed E-state index contributed by atoms with van der Waals surface area (Å²) < 4.78 is 14.7. The van der Waals surface area contributed by atoms with Crippen LogP contribution in [0, 0.1) is 17.7 Å². The molecule has 0 aliphatic rings. The van der Waals surface area contributed by atoms with Crippen molar-refractivity contribution in [1.82, 2.24) is 9.78 Å². The van der Waals surface area contributed by atoms with Crippen LogP contribution in [0.25, 0.3) is 0 Å². The van der Waals surface area contributed by atoms with Crippen molar-refractivity contribution in [2.75, 3.05) is 6.61 Å². The molecule has 0 amide bonds. The molecule has 1 heterocycles. The predicted molar refractivity (Wildman–Crippen MR) is 68.0 cm³/mol. The summed E-state index contributed by atoms with van der Waals surface area (Å²) in [5.74, 6) is 4.45. The number of aliphatic hydroxyl groups excluding tert-OH is 1. The van der Waals surface area contributed by atoms with Crippen molar-refractivity contribution in [3.8, 4) is 11.8 Å². The van der Waals surface area contributed by atoms with E-state index in [1.807, 2.05) is 0 Å². The molecule has 0 radical (unpaired) electrons. The van der Waals surface area contributed by atoms with Crippen LogP contribution in [0.5, 0.6) is 0 Å². The second-order valence-electron chi connectivity index (χ2n) is 3.79. The minimum absolute atomic E-state index is 0.190. The van der Waals surface area contributed by atoms with Crippen LogP contribution in [0.4, 0.5) is 4.39 Å². The number of nitrogens with zero attached hydrogens (tertiary/aromatic N) is 2. The van der Waals surface area contributed by atoms with Gasteiger partial charge in [-0.2, -0.15) is 5.10 Å². The summed E-state index contributed by atoms with van der Waals surface area (Å²) in [6, 6.07) is 7.36. The molecular weight excluding hydrogens is 247 g/mol.